The van der Waals surface area contributed by atoms with E-state index in [2.05, 4.69) is 15.6 Å². The lowest BCUT2D eigenvalue weighted by molar-refractivity contribution is 0.0946. The topological polar surface area (TPSA) is 83.6 Å². The largest absolute Gasteiger partial charge is 0.383 e. The minimum atomic E-state index is -0.324. The summed E-state index contributed by atoms with van der Waals surface area (Å²) in [6.07, 6.45) is 2.03. The van der Waals surface area contributed by atoms with Crippen molar-refractivity contribution in [3.05, 3.63) is 44.3 Å². The Morgan fingerprint density at radius 2 is 2.11 bits per heavy atom. The van der Waals surface area contributed by atoms with Crippen LogP contribution in [0.4, 0.5) is 10.5 Å². The fourth-order valence-corrected chi connectivity index (χ4v) is 3.46. The number of nitrogens with one attached hydrogen (secondary N) is 2. The average Bonchev–Trinajstić information content (AvgIpc) is 3.35. The average molecular weight is 443 g/mol. The van der Waals surface area contributed by atoms with E-state index in [4.69, 9.17) is 27.9 Å². The number of aromatic nitrogens is 1. The number of carbonyl (C=O) groups excluding carboxylic acids is 2. The molecule has 0 unspecified atom stereocenters. The van der Waals surface area contributed by atoms with Crippen LogP contribution in [0.5, 0.6) is 0 Å². The van der Waals surface area contributed by atoms with Crippen LogP contribution in [0.2, 0.25) is 10.0 Å². The van der Waals surface area contributed by atoms with Crippen molar-refractivity contribution in [2.45, 2.75) is 25.4 Å². The molecule has 10 heteroatoms. The number of amides is 3. The molecule has 1 aromatic carbocycles. The molecule has 2 N–H and O–H groups in total. The normalized spacial score (nSPS) is 13.2. The van der Waals surface area contributed by atoms with Gasteiger partial charge in [0.25, 0.3) is 5.91 Å². The summed E-state index contributed by atoms with van der Waals surface area (Å²) in [6, 6.07) is 4.82. The second-order valence-electron chi connectivity index (χ2n) is 6.35. The highest BCUT2D eigenvalue weighted by Crippen LogP contribution is 2.25. The van der Waals surface area contributed by atoms with E-state index in [0.717, 1.165) is 12.8 Å². The van der Waals surface area contributed by atoms with Crippen LogP contribution >= 0.6 is 34.5 Å². The number of halogens is 2. The van der Waals surface area contributed by atoms with Crippen LogP contribution in [0.25, 0.3) is 0 Å². The van der Waals surface area contributed by atoms with Crippen LogP contribution in [-0.2, 0) is 11.3 Å². The summed E-state index contributed by atoms with van der Waals surface area (Å²) < 4.78 is 5.10. The van der Waals surface area contributed by atoms with E-state index in [0.29, 0.717) is 39.6 Å². The molecule has 1 aliphatic rings. The van der Waals surface area contributed by atoms with E-state index in [1.807, 2.05) is 0 Å². The summed E-state index contributed by atoms with van der Waals surface area (Å²) in [4.78, 5) is 30.7. The van der Waals surface area contributed by atoms with Crippen molar-refractivity contribution in [1.29, 1.82) is 0 Å². The summed E-state index contributed by atoms with van der Waals surface area (Å²) in [6.45, 7) is 1.000. The molecule has 150 valence electrons. The Balaban J connectivity index is 1.65. The highest BCUT2D eigenvalue weighted by atomic mass is 35.5. The lowest BCUT2D eigenvalue weighted by Crippen LogP contribution is -2.36. The molecular formula is C18H20Cl2N4O3S. The number of anilines is 1. The van der Waals surface area contributed by atoms with Gasteiger partial charge >= 0.3 is 6.03 Å². The fourth-order valence-electron chi connectivity index (χ4n) is 2.37. The van der Waals surface area contributed by atoms with Crippen LogP contribution in [-0.4, -0.2) is 48.1 Å². The standard InChI is InChI=1S/C18H20Cl2N4O3S/c1-27-7-6-24(18(26)22-12-4-5-13(19)14(20)8-12)9-16-23-15(10-28-16)17(25)21-11-2-3-11/h4-5,8,10-11H,2-3,6-7,9H2,1H3,(H,21,25)(H,22,26). The molecule has 0 saturated heterocycles. The molecule has 1 heterocycles. The number of hydrogen-bond acceptors (Lipinski definition) is 5. The second-order valence-corrected chi connectivity index (χ2v) is 8.10. The summed E-state index contributed by atoms with van der Waals surface area (Å²) in [5.41, 5.74) is 0.911. The monoisotopic (exact) mass is 442 g/mol. The molecule has 2 aromatic rings. The number of benzene rings is 1. The van der Waals surface area contributed by atoms with Crippen molar-refractivity contribution < 1.29 is 14.3 Å². The van der Waals surface area contributed by atoms with E-state index in [9.17, 15) is 9.59 Å². The number of urea groups is 1. The van der Waals surface area contributed by atoms with Gasteiger partial charge in [-0.15, -0.1) is 11.3 Å². The zero-order chi connectivity index (χ0) is 20.1. The predicted octanol–water partition coefficient (Wildman–Crippen LogP) is 4.02. The minimum Gasteiger partial charge on any atom is -0.383 e. The molecule has 3 rings (SSSR count). The molecule has 0 spiro atoms. The zero-order valence-electron chi connectivity index (χ0n) is 15.2. The molecule has 0 aliphatic heterocycles. The maximum Gasteiger partial charge on any atom is 0.322 e. The first kappa shape index (κ1) is 20.9. The van der Waals surface area contributed by atoms with Crippen molar-refractivity contribution in [1.82, 2.24) is 15.2 Å². The number of ether oxygens (including phenoxy) is 1. The SMILES string of the molecule is COCCN(Cc1nc(C(=O)NC2CC2)cs1)C(=O)Nc1ccc(Cl)c(Cl)c1. The predicted molar refractivity (Wildman–Crippen MR) is 110 cm³/mol. The van der Waals surface area contributed by atoms with Crippen molar-refractivity contribution in [2.75, 3.05) is 25.6 Å². The second kappa shape index (κ2) is 9.56. The van der Waals surface area contributed by atoms with Gasteiger partial charge in [0.1, 0.15) is 10.7 Å². The third-order valence-corrected chi connectivity index (χ3v) is 5.62. The lowest BCUT2D eigenvalue weighted by atomic mass is 10.3. The Labute approximate surface area is 177 Å². The summed E-state index contributed by atoms with van der Waals surface area (Å²) in [5.74, 6) is -0.173. The molecule has 1 saturated carbocycles. The number of hydrogen-bond donors (Lipinski definition) is 2. The van der Waals surface area contributed by atoms with Crippen molar-refractivity contribution >= 4 is 52.2 Å². The Morgan fingerprint density at radius 1 is 1.32 bits per heavy atom. The highest BCUT2D eigenvalue weighted by molar-refractivity contribution is 7.09. The third-order valence-electron chi connectivity index (χ3n) is 4.05. The molecule has 1 aliphatic carbocycles. The van der Waals surface area contributed by atoms with Gasteiger partial charge in [0.2, 0.25) is 0 Å². The number of nitrogens with zero attached hydrogens (tertiary/aromatic N) is 2. The number of thiazole rings is 1. The molecule has 0 radical (unpaired) electrons. The van der Waals surface area contributed by atoms with Crippen molar-refractivity contribution in [3.63, 3.8) is 0 Å². The fraction of sp³-hybridized carbons (Fsp3) is 0.389. The van der Waals surface area contributed by atoms with E-state index < -0.39 is 0 Å². The van der Waals surface area contributed by atoms with Gasteiger partial charge in [-0.25, -0.2) is 9.78 Å². The maximum atomic E-state index is 12.7. The molecular weight excluding hydrogens is 423 g/mol. The molecule has 1 aromatic heterocycles. The highest BCUT2D eigenvalue weighted by Gasteiger charge is 2.25. The van der Waals surface area contributed by atoms with Crippen LogP contribution in [0.3, 0.4) is 0 Å². The van der Waals surface area contributed by atoms with Gasteiger partial charge in [-0.05, 0) is 31.0 Å². The first-order chi connectivity index (χ1) is 13.5. The van der Waals surface area contributed by atoms with E-state index in [1.54, 1.807) is 35.6 Å². The Morgan fingerprint density at radius 3 is 2.79 bits per heavy atom. The Kier molecular flexibility index (Phi) is 7.12. The maximum absolute atomic E-state index is 12.7. The number of carbonyl (C=O) groups is 2. The molecule has 0 atom stereocenters. The zero-order valence-corrected chi connectivity index (χ0v) is 17.5. The van der Waals surface area contributed by atoms with Gasteiger partial charge in [-0.3, -0.25) is 4.79 Å². The van der Waals surface area contributed by atoms with E-state index in [-0.39, 0.29) is 24.5 Å². The lowest BCUT2D eigenvalue weighted by Gasteiger charge is -2.22. The van der Waals surface area contributed by atoms with E-state index >= 15 is 0 Å². The van der Waals surface area contributed by atoms with Gasteiger partial charge < -0.3 is 20.3 Å². The number of rotatable bonds is 8. The van der Waals surface area contributed by atoms with Crippen LogP contribution in [0.1, 0.15) is 28.3 Å². The van der Waals surface area contributed by atoms with Gasteiger partial charge in [0.05, 0.1) is 23.2 Å². The first-order valence-electron chi connectivity index (χ1n) is 8.71. The summed E-state index contributed by atoms with van der Waals surface area (Å²) in [7, 11) is 1.57. The van der Waals surface area contributed by atoms with Crippen molar-refractivity contribution in [3.8, 4) is 0 Å². The molecule has 1 fully saturated rings. The minimum absolute atomic E-state index is 0.173. The van der Waals surface area contributed by atoms with Gasteiger partial charge in [-0.2, -0.15) is 0 Å². The molecule has 0 bridgehead atoms. The summed E-state index contributed by atoms with van der Waals surface area (Å²) in [5, 5.41) is 8.84. The molecule has 3 amide bonds. The molecule has 28 heavy (non-hydrogen) atoms. The number of methoxy groups -OCH3 is 1. The van der Waals surface area contributed by atoms with Gasteiger partial charge in [0.15, 0.2) is 0 Å². The van der Waals surface area contributed by atoms with Gasteiger partial charge in [-0.1, -0.05) is 23.2 Å². The summed E-state index contributed by atoms with van der Waals surface area (Å²) >= 11 is 13.2. The third kappa shape index (κ3) is 5.81. The van der Waals surface area contributed by atoms with Crippen molar-refractivity contribution in [2.24, 2.45) is 0 Å². The Bertz CT molecular complexity index is 857. The smallest absolute Gasteiger partial charge is 0.322 e. The molecule has 7 nitrogen and oxygen atoms in total. The quantitative estimate of drug-likeness (QED) is 0.646. The van der Waals surface area contributed by atoms with Crippen LogP contribution in [0.15, 0.2) is 23.6 Å². The van der Waals surface area contributed by atoms with Gasteiger partial charge in [0, 0.05) is 30.8 Å². The first-order valence-corrected chi connectivity index (χ1v) is 10.3. The Hall–Kier alpha value is -1.87. The van der Waals surface area contributed by atoms with Crippen LogP contribution < -0.4 is 10.6 Å². The van der Waals surface area contributed by atoms with E-state index in [1.165, 1.54) is 11.3 Å². The van der Waals surface area contributed by atoms with Crippen LogP contribution in [0, 0.1) is 0 Å².